The van der Waals surface area contributed by atoms with Crippen LogP contribution in [0.1, 0.15) is 6.42 Å². The molecule has 19 heavy (non-hydrogen) atoms. The second kappa shape index (κ2) is 5.50. The molecule has 1 saturated carbocycles. The molecule has 1 N–H and O–H groups in total. The topological polar surface area (TPSA) is 81.8 Å². The van der Waals surface area contributed by atoms with Gasteiger partial charge in [-0.2, -0.15) is 0 Å². The highest BCUT2D eigenvalue weighted by atomic mass is 35.5. The molecule has 2 rings (SSSR count). The van der Waals surface area contributed by atoms with Gasteiger partial charge in [0.2, 0.25) is 0 Å². The van der Waals surface area contributed by atoms with Gasteiger partial charge in [-0.25, -0.2) is 0 Å². The third-order valence-electron chi connectivity index (χ3n) is 2.95. The zero-order valence-electron chi connectivity index (χ0n) is 9.88. The van der Waals surface area contributed by atoms with Crippen LogP contribution < -0.4 is 4.74 Å². The summed E-state index contributed by atoms with van der Waals surface area (Å²) in [6.07, 6.45) is -1.04. The van der Waals surface area contributed by atoms with Crippen molar-refractivity contribution in [1.29, 1.82) is 0 Å². The lowest BCUT2D eigenvalue weighted by molar-refractivity contribution is -0.384. The van der Waals surface area contributed by atoms with Crippen molar-refractivity contribution in [2.75, 3.05) is 7.11 Å². The maximum absolute atomic E-state index is 10.6. The third kappa shape index (κ3) is 2.76. The lowest BCUT2D eigenvalue weighted by Crippen LogP contribution is -2.54. The van der Waals surface area contributed by atoms with E-state index in [0.29, 0.717) is 6.42 Å². The number of nitro benzene ring substituents is 1. The number of nitro groups is 1. The Kier molecular flexibility index (Phi) is 4.15. The summed E-state index contributed by atoms with van der Waals surface area (Å²) in [7, 11) is 1.46. The van der Waals surface area contributed by atoms with Crippen molar-refractivity contribution in [3.05, 3.63) is 32.3 Å². The molecule has 104 valence electrons. The summed E-state index contributed by atoms with van der Waals surface area (Å²) >= 11 is 11.8. The minimum Gasteiger partial charge on any atom is -0.484 e. The second-order valence-corrected chi connectivity index (χ2v) is 4.97. The fourth-order valence-electron chi connectivity index (χ4n) is 1.90. The highest BCUT2D eigenvalue weighted by Crippen LogP contribution is 2.39. The molecular weight excluding hydrogens is 297 g/mol. The van der Waals surface area contributed by atoms with Gasteiger partial charge in [0.05, 0.1) is 21.1 Å². The van der Waals surface area contributed by atoms with E-state index in [1.807, 2.05) is 0 Å². The van der Waals surface area contributed by atoms with E-state index < -0.39 is 17.1 Å². The molecule has 0 radical (unpaired) electrons. The van der Waals surface area contributed by atoms with Crippen molar-refractivity contribution in [1.82, 2.24) is 0 Å². The molecule has 0 amide bonds. The highest BCUT2D eigenvalue weighted by Gasteiger charge is 2.42. The van der Waals surface area contributed by atoms with Crippen molar-refractivity contribution in [2.24, 2.45) is 0 Å². The van der Waals surface area contributed by atoms with E-state index in [2.05, 4.69) is 0 Å². The molecule has 0 aliphatic heterocycles. The first kappa shape index (κ1) is 14.3. The molecule has 0 saturated heterocycles. The number of benzene rings is 1. The quantitative estimate of drug-likeness (QED) is 0.682. The van der Waals surface area contributed by atoms with Crippen LogP contribution in [0.15, 0.2) is 12.1 Å². The molecule has 0 heterocycles. The Labute approximate surface area is 119 Å². The lowest BCUT2D eigenvalue weighted by atomic mass is 9.88. The number of ether oxygens (including phenoxy) is 2. The van der Waals surface area contributed by atoms with Gasteiger partial charge in [-0.15, -0.1) is 0 Å². The number of rotatable bonds is 4. The minimum atomic E-state index is -0.592. The molecule has 0 bridgehead atoms. The van der Waals surface area contributed by atoms with Crippen LogP contribution in [0.25, 0.3) is 0 Å². The Morgan fingerprint density at radius 2 is 2.00 bits per heavy atom. The van der Waals surface area contributed by atoms with Gasteiger partial charge < -0.3 is 14.6 Å². The second-order valence-electron chi connectivity index (χ2n) is 4.16. The summed E-state index contributed by atoms with van der Waals surface area (Å²) in [5.74, 6) is 0.160. The van der Waals surface area contributed by atoms with Crippen molar-refractivity contribution < 1.29 is 19.5 Å². The van der Waals surface area contributed by atoms with Crippen molar-refractivity contribution >= 4 is 28.9 Å². The Balaban J connectivity index is 2.20. The van der Waals surface area contributed by atoms with E-state index in [1.165, 1.54) is 19.2 Å². The monoisotopic (exact) mass is 307 g/mol. The average molecular weight is 308 g/mol. The van der Waals surface area contributed by atoms with Gasteiger partial charge in [0.25, 0.3) is 5.69 Å². The summed E-state index contributed by atoms with van der Waals surface area (Å²) in [4.78, 5) is 10.1. The van der Waals surface area contributed by atoms with Gasteiger partial charge in [0.1, 0.15) is 12.2 Å². The van der Waals surface area contributed by atoms with Gasteiger partial charge >= 0.3 is 0 Å². The average Bonchev–Trinajstić information content (AvgIpc) is 2.32. The SMILES string of the molecule is COC1C(O)CC1Oc1c(Cl)cc([N+](=O)[O-])cc1Cl. The lowest BCUT2D eigenvalue weighted by Gasteiger charge is -2.40. The van der Waals surface area contributed by atoms with Crippen molar-refractivity contribution in [2.45, 2.75) is 24.7 Å². The summed E-state index contributed by atoms with van der Waals surface area (Å²) in [5, 5.41) is 20.2. The number of halogens is 2. The first-order valence-electron chi connectivity index (χ1n) is 5.45. The molecule has 1 aromatic carbocycles. The molecule has 8 heteroatoms. The maximum atomic E-state index is 10.6. The zero-order valence-corrected chi connectivity index (χ0v) is 11.4. The Hall–Kier alpha value is -1.08. The largest absolute Gasteiger partial charge is 0.484 e. The number of methoxy groups -OCH3 is 1. The Morgan fingerprint density at radius 3 is 2.42 bits per heavy atom. The van der Waals surface area contributed by atoms with Crippen molar-refractivity contribution in [3.63, 3.8) is 0 Å². The fraction of sp³-hybridized carbons (Fsp3) is 0.455. The minimum absolute atomic E-state index is 0.0513. The van der Waals surface area contributed by atoms with Crippen LogP contribution in [0, 0.1) is 10.1 Å². The molecule has 0 spiro atoms. The van der Waals surface area contributed by atoms with Crippen LogP contribution in [0.4, 0.5) is 5.69 Å². The first-order valence-corrected chi connectivity index (χ1v) is 6.20. The summed E-state index contributed by atoms with van der Waals surface area (Å²) in [5.41, 5.74) is -0.209. The molecule has 3 unspecified atom stereocenters. The Morgan fingerprint density at radius 1 is 1.42 bits per heavy atom. The number of non-ortho nitro benzene ring substituents is 1. The van der Waals surface area contributed by atoms with Crippen LogP contribution in [-0.4, -0.2) is 35.5 Å². The van der Waals surface area contributed by atoms with E-state index in [0.717, 1.165) is 0 Å². The van der Waals surface area contributed by atoms with Gasteiger partial charge in [0, 0.05) is 25.7 Å². The molecule has 1 aliphatic rings. The molecular formula is C11H11Cl2NO5. The molecule has 1 aromatic rings. The Bertz CT molecular complexity index is 487. The molecule has 6 nitrogen and oxygen atoms in total. The van der Waals surface area contributed by atoms with Crippen LogP contribution in [0.5, 0.6) is 5.75 Å². The van der Waals surface area contributed by atoms with Gasteiger partial charge in [-0.3, -0.25) is 10.1 Å². The van der Waals surface area contributed by atoms with E-state index in [-0.39, 0.29) is 27.6 Å². The van der Waals surface area contributed by atoms with Crippen LogP contribution in [0.2, 0.25) is 10.0 Å². The van der Waals surface area contributed by atoms with Crippen molar-refractivity contribution in [3.8, 4) is 5.75 Å². The first-order chi connectivity index (χ1) is 8.93. The smallest absolute Gasteiger partial charge is 0.272 e. The van der Waals surface area contributed by atoms with E-state index in [9.17, 15) is 15.2 Å². The van der Waals surface area contributed by atoms with E-state index in [1.54, 1.807) is 0 Å². The van der Waals surface area contributed by atoms with E-state index in [4.69, 9.17) is 32.7 Å². The third-order valence-corrected chi connectivity index (χ3v) is 3.52. The predicted molar refractivity (Wildman–Crippen MR) is 69.0 cm³/mol. The van der Waals surface area contributed by atoms with E-state index >= 15 is 0 Å². The predicted octanol–water partition coefficient (Wildman–Crippen LogP) is 2.43. The summed E-state index contributed by atoms with van der Waals surface area (Å²) in [6, 6.07) is 2.33. The van der Waals surface area contributed by atoms with Gasteiger partial charge in [-0.1, -0.05) is 23.2 Å². The molecule has 0 aromatic heterocycles. The summed E-state index contributed by atoms with van der Waals surface area (Å²) in [6.45, 7) is 0. The standard InChI is InChI=1S/C11H11Cl2NO5/c1-18-11-8(15)4-9(11)19-10-6(12)2-5(14(16)17)3-7(10)13/h2-3,8-9,11,15H,4H2,1H3. The fourth-order valence-corrected chi connectivity index (χ4v) is 2.46. The number of aliphatic hydroxyl groups excluding tert-OH is 1. The normalized spacial score (nSPS) is 25.8. The van der Waals surface area contributed by atoms with Crippen LogP contribution in [0.3, 0.4) is 0 Å². The zero-order chi connectivity index (χ0) is 14.2. The summed E-state index contributed by atoms with van der Waals surface area (Å²) < 4.78 is 10.6. The number of hydrogen-bond acceptors (Lipinski definition) is 5. The highest BCUT2D eigenvalue weighted by molar-refractivity contribution is 6.37. The molecule has 3 atom stereocenters. The molecule has 1 fully saturated rings. The van der Waals surface area contributed by atoms with Crippen LogP contribution in [-0.2, 0) is 4.74 Å². The number of nitrogens with zero attached hydrogens (tertiary/aromatic N) is 1. The maximum Gasteiger partial charge on any atom is 0.272 e. The molecule has 1 aliphatic carbocycles. The number of aliphatic hydroxyl groups is 1. The van der Waals surface area contributed by atoms with Gasteiger partial charge in [0.15, 0.2) is 5.75 Å². The van der Waals surface area contributed by atoms with Gasteiger partial charge in [-0.05, 0) is 0 Å². The van der Waals surface area contributed by atoms with Crippen LogP contribution >= 0.6 is 23.2 Å². The number of hydrogen-bond donors (Lipinski definition) is 1.